The Hall–Kier alpha value is -0.720. The average Bonchev–Trinajstić information content (AvgIpc) is 3.05. The Kier molecular flexibility index (Phi) is 4.76. The topological polar surface area (TPSA) is 44.3 Å². The molecule has 2 aliphatic rings. The molecule has 2 fully saturated rings. The van der Waals surface area contributed by atoms with Gasteiger partial charge in [0.15, 0.2) is 0 Å². The molecule has 0 spiro atoms. The summed E-state index contributed by atoms with van der Waals surface area (Å²) in [5.74, 6) is 0.987. The van der Waals surface area contributed by atoms with Crippen molar-refractivity contribution in [2.45, 2.75) is 33.1 Å². The van der Waals surface area contributed by atoms with Gasteiger partial charge in [-0.05, 0) is 31.3 Å². The lowest BCUT2D eigenvalue weighted by atomic mass is 9.89. The smallest absolute Gasteiger partial charge is 0.205 e. The highest BCUT2D eigenvalue weighted by Crippen LogP contribution is 2.27. The molecule has 5 nitrogen and oxygen atoms in total. The van der Waals surface area contributed by atoms with Gasteiger partial charge in [-0.15, -0.1) is 0 Å². The molecule has 0 radical (unpaired) electrons. The van der Waals surface area contributed by atoms with Crippen molar-refractivity contribution in [1.82, 2.24) is 19.6 Å². The minimum Gasteiger partial charge on any atom is -0.346 e. The number of rotatable bonds is 4. The van der Waals surface area contributed by atoms with E-state index in [9.17, 15) is 0 Å². The second-order valence-electron chi connectivity index (χ2n) is 6.70. The highest BCUT2D eigenvalue weighted by atomic mass is 32.1. The van der Waals surface area contributed by atoms with Crippen molar-refractivity contribution < 1.29 is 0 Å². The summed E-state index contributed by atoms with van der Waals surface area (Å²) in [4.78, 5) is 9.71. The standard InChI is InChI=1S/C15H27N5S/c1-3-13-17-14(21-18-13)20-8-4-7-19(9-10-20)12-15(2)5-6-16-11-15/h16H,3-12H2,1-2H3. The van der Waals surface area contributed by atoms with Crippen molar-refractivity contribution in [2.75, 3.05) is 50.7 Å². The molecule has 6 heteroatoms. The van der Waals surface area contributed by atoms with Crippen LogP contribution in [0.1, 0.15) is 32.5 Å². The van der Waals surface area contributed by atoms with Gasteiger partial charge in [-0.2, -0.15) is 4.37 Å². The van der Waals surface area contributed by atoms with Gasteiger partial charge < -0.3 is 15.1 Å². The molecule has 0 amide bonds. The summed E-state index contributed by atoms with van der Waals surface area (Å²) in [6.07, 6.45) is 3.47. The molecule has 1 N–H and O–H groups in total. The molecule has 1 atom stereocenters. The number of aryl methyl sites for hydroxylation is 1. The Morgan fingerprint density at radius 3 is 2.90 bits per heavy atom. The van der Waals surface area contributed by atoms with Crippen LogP contribution in [0.4, 0.5) is 5.13 Å². The van der Waals surface area contributed by atoms with Crippen LogP contribution in [0, 0.1) is 5.41 Å². The van der Waals surface area contributed by atoms with Gasteiger partial charge in [-0.3, -0.25) is 0 Å². The van der Waals surface area contributed by atoms with Crippen molar-refractivity contribution in [2.24, 2.45) is 5.41 Å². The molecule has 118 valence electrons. The lowest BCUT2D eigenvalue weighted by Crippen LogP contribution is -2.39. The van der Waals surface area contributed by atoms with Crippen LogP contribution < -0.4 is 10.2 Å². The number of hydrogen-bond acceptors (Lipinski definition) is 6. The molecule has 1 unspecified atom stereocenters. The van der Waals surface area contributed by atoms with Crippen molar-refractivity contribution in [3.05, 3.63) is 5.82 Å². The van der Waals surface area contributed by atoms with Crippen LogP contribution in [0.2, 0.25) is 0 Å². The molecule has 3 heterocycles. The summed E-state index contributed by atoms with van der Waals surface area (Å²) in [6, 6.07) is 0. The van der Waals surface area contributed by atoms with E-state index >= 15 is 0 Å². The maximum Gasteiger partial charge on any atom is 0.205 e. The van der Waals surface area contributed by atoms with Crippen molar-refractivity contribution in [1.29, 1.82) is 0 Å². The average molecular weight is 309 g/mol. The van der Waals surface area contributed by atoms with Crippen LogP contribution in [0.25, 0.3) is 0 Å². The zero-order valence-corrected chi connectivity index (χ0v) is 14.1. The zero-order valence-electron chi connectivity index (χ0n) is 13.3. The van der Waals surface area contributed by atoms with E-state index in [1.54, 1.807) is 11.5 Å². The Morgan fingerprint density at radius 1 is 1.29 bits per heavy atom. The third-order valence-corrected chi connectivity index (χ3v) is 5.51. The van der Waals surface area contributed by atoms with Crippen LogP contribution in [0.5, 0.6) is 0 Å². The van der Waals surface area contributed by atoms with E-state index in [1.807, 2.05) is 0 Å². The summed E-state index contributed by atoms with van der Waals surface area (Å²) >= 11 is 1.56. The molecule has 2 aliphatic heterocycles. The van der Waals surface area contributed by atoms with Gasteiger partial charge in [0.1, 0.15) is 5.82 Å². The number of nitrogens with one attached hydrogen (secondary N) is 1. The minimum atomic E-state index is 0.466. The third kappa shape index (κ3) is 3.73. The van der Waals surface area contributed by atoms with Crippen LogP contribution in [0.3, 0.4) is 0 Å². The van der Waals surface area contributed by atoms with E-state index in [0.29, 0.717) is 5.41 Å². The molecule has 1 aromatic rings. The number of hydrogen-bond donors (Lipinski definition) is 1. The van der Waals surface area contributed by atoms with Crippen LogP contribution in [-0.4, -0.2) is 60.1 Å². The molecule has 0 saturated carbocycles. The summed E-state index contributed by atoms with van der Waals surface area (Å²) in [5, 5.41) is 4.62. The predicted molar refractivity (Wildman–Crippen MR) is 88.2 cm³/mol. The molecular formula is C15H27N5S. The van der Waals surface area contributed by atoms with Gasteiger partial charge in [-0.25, -0.2) is 4.98 Å². The van der Waals surface area contributed by atoms with E-state index in [1.165, 1.54) is 39.0 Å². The predicted octanol–water partition coefficient (Wildman–Crippen LogP) is 1.61. The lowest BCUT2D eigenvalue weighted by molar-refractivity contribution is 0.187. The van der Waals surface area contributed by atoms with Gasteiger partial charge in [0.25, 0.3) is 0 Å². The quantitative estimate of drug-likeness (QED) is 0.915. The lowest BCUT2D eigenvalue weighted by Gasteiger charge is -2.31. The first-order valence-electron chi connectivity index (χ1n) is 8.19. The van der Waals surface area contributed by atoms with Crippen molar-refractivity contribution in [3.8, 4) is 0 Å². The number of nitrogens with zero attached hydrogens (tertiary/aromatic N) is 4. The Balaban J connectivity index is 1.56. The maximum absolute atomic E-state index is 4.64. The van der Waals surface area contributed by atoms with Gasteiger partial charge in [0.05, 0.1) is 0 Å². The molecular weight excluding hydrogens is 282 g/mol. The summed E-state index contributed by atoms with van der Waals surface area (Å²) < 4.78 is 4.42. The zero-order chi connectivity index (χ0) is 14.7. The first-order valence-corrected chi connectivity index (χ1v) is 8.96. The molecule has 0 aromatic carbocycles. The molecule has 21 heavy (non-hydrogen) atoms. The van der Waals surface area contributed by atoms with Crippen LogP contribution in [0.15, 0.2) is 0 Å². The highest BCUT2D eigenvalue weighted by molar-refractivity contribution is 7.09. The molecule has 0 bridgehead atoms. The van der Waals surface area contributed by atoms with Gasteiger partial charge >= 0.3 is 0 Å². The monoisotopic (exact) mass is 309 g/mol. The summed E-state index contributed by atoms with van der Waals surface area (Å²) in [7, 11) is 0. The summed E-state index contributed by atoms with van der Waals surface area (Å²) in [6.45, 7) is 12.7. The largest absolute Gasteiger partial charge is 0.346 e. The fourth-order valence-electron chi connectivity index (χ4n) is 3.38. The van der Waals surface area contributed by atoms with Crippen molar-refractivity contribution >= 4 is 16.7 Å². The van der Waals surface area contributed by atoms with E-state index in [2.05, 4.69) is 38.3 Å². The first kappa shape index (κ1) is 15.2. The van der Waals surface area contributed by atoms with E-state index in [4.69, 9.17) is 0 Å². The SMILES string of the molecule is CCc1nsc(N2CCCN(CC3(C)CCNC3)CC2)n1. The highest BCUT2D eigenvalue weighted by Gasteiger charge is 2.31. The fraction of sp³-hybridized carbons (Fsp3) is 0.867. The normalized spacial score (nSPS) is 28.0. The number of aromatic nitrogens is 2. The van der Waals surface area contributed by atoms with Gasteiger partial charge in [-0.1, -0.05) is 13.8 Å². The molecule has 3 rings (SSSR count). The van der Waals surface area contributed by atoms with E-state index in [0.717, 1.165) is 37.0 Å². The Morgan fingerprint density at radius 2 is 2.19 bits per heavy atom. The molecule has 0 aliphatic carbocycles. The minimum absolute atomic E-state index is 0.466. The van der Waals surface area contributed by atoms with Crippen LogP contribution in [-0.2, 0) is 6.42 Å². The fourth-order valence-corrected chi connectivity index (χ4v) is 4.18. The molecule has 2 saturated heterocycles. The Labute approximate surface area is 131 Å². The number of anilines is 1. The van der Waals surface area contributed by atoms with Gasteiger partial charge in [0.2, 0.25) is 5.13 Å². The molecule has 1 aromatic heterocycles. The van der Waals surface area contributed by atoms with E-state index < -0.39 is 0 Å². The van der Waals surface area contributed by atoms with Crippen molar-refractivity contribution in [3.63, 3.8) is 0 Å². The van der Waals surface area contributed by atoms with Crippen LogP contribution >= 0.6 is 11.5 Å². The maximum atomic E-state index is 4.64. The third-order valence-electron chi connectivity index (χ3n) is 4.70. The summed E-state index contributed by atoms with van der Waals surface area (Å²) in [5.41, 5.74) is 0.466. The van der Waals surface area contributed by atoms with E-state index in [-0.39, 0.29) is 0 Å². The Bertz CT molecular complexity index is 455. The van der Waals surface area contributed by atoms with Gasteiger partial charge in [0, 0.05) is 50.7 Å². The second kappa shape index (κ2) is 6.58. The first-order chi connectivity index (χ1) is 10.2. The second-order valence-corrected chi connectivity index (χ2v) is 7.43.